The summed E-state index contributed by atoms with van der Waals surface area (Å²) in [6.07, 6.45) is 2.60. The number of fused-ring (bicyclic) bond motifs is 1. The molecule has 1 N–H and O–H groups in total. The molecule has 0 spiro atoms. The number of aryl methyl sites for hydroxylation is 1. The van der Waals surface area contributed by atoms with Gasteiger partial charge in [-0.25, -0.2) is 9.69 Å². The van der Waals surface area contributed by atoms with Crippen LogP contribution in [0.25, 0.3) is 6.08 Å². The minimum Gasteiger partial charge on any atom is -0.364 e. The molecule has 1 fully saturated rings. The maximum atomic E-state index is 13.4. The maximum Gasteiger partial charge on any atom is 0.335 e. The molecule has 1 unspecified atom stereocenters. The number of nitrogens with one attached hydrogen (secondary N) is 1. The van der Waals surface area contributed by atoms with Crippen molar-refractivity contribution >= 4 is 35.3 Å². The molecule has 4 amide bonds. The summed E-state index contributed by atoms with van der Waals surface area (Å²) in [5, 5.41) is 2.33. The Labute approximate surface area is 201 Å². The van der Waals surface area contributed by atoms with Crippen LogP contribution in [0.4, 0.5) is 16.2 Å². The normalized spacial score (nSPS) is 21.2. The number of imide groups is 2. The molecule has 34 heavy (non-hydrogen) atoms. The third-order valence-electron chi connectivity index (χ3n) is 7.05. The van der Waals surface area contributed by atoms with Gasteiger partial charge in [0.15, 0.2) is 0 Å². The number of hydrogen-bond donors (Lipinski definition) is 1. The minimum atomic E-state index is -0.727. The maximum absolute atomic E-state index is 13.4. The van der Waals surface area contributed by atoms with Crippen LogP contribution < -0.4 is 15.1 Å². The fourth-order valence-electron chi connectivity index (χ4n) is 5.56. The molecule has 2 aliphatic heterocycles. The van der Waals surface area contributed by atoms with Crippen molar-refractivity contribution in [1.29, 1.82) is 0 Å². The largest absolute Gasteiger partial charge is 0.364 e. The van der Waals surface area contributed by atoms with Gasteiger partial charge in [-0.3, -0.25) is 14.9 Å². The zero-order valence-corrected chi connectivity index (χ0v) is 21.0. The second kappa shape index (κ2) is 8.42. The van der Waals surface area contributed by atoms with Crippen LogP contribution in [-0.2, 0) is 9.59 Å². The molecule has 0 aromatic heterocycles. The van der Waals surface area contributed by atoms with Crippen LogP contribution in [0.3, 0.4) is 0 Å². The number of anilines is 2. The first kappa shape index (κ1) is 23.7. The monoisotopic (exact) mass is 459 g/mol. The molecule has 1 saturated heterocycles. The highest BCUT2D eigenvalue weighted by molar-refractivity contribution is 6.39. The van der Waals surface area contributed by atoms with Crippen molar-refractivity contribution in [2.75, 3.05) is 9.80 Å². The van der Waals surface area contributed by atoms with E-state index in [1.165, 1.54) is 11.3 Å². The quantitative estimate of drug-likeness (QED) is 0.488. The number of barbiturate groups is 1. The van der Waals surface area contributed by atoms with Crippen molar-refractivity contribution in [2.45, 2.75) is 72.4 Å². The Morgan fingerprint density at radius 3 is 2.44 bits per heavy atom. The summed E-state index contributed by atoms with van der Waals surface area (Å²) in [5.41, 5.74) is 5.40. The predicted molar refractivity (Wildman–Crippen MR) is 136 cm³/mol. The zero-order chi connectivity index (χ0) is 24.9. The van der Waals surface area contributed by atoms with E-state index in [9.17, 15) is 14.4 Å². The van der Waals surface area contributed by atoms with E-state index >= 15 is 0 Å². The molecule has 0 radical (unpaired) electrons. The number of benzene rings is 2. The number of amides is 4. The Bertz CT molecular complexity index is 1230. The number of nitrogens with zero attached hydrogens (tertiary/aromatic N) is 2. The van der Waals surface area contributed by atoms with Gasteiger partial charge in [-0.15, -0.1) is 0 Å². The summed E-state index contributed by atoms with van der Waals surface area (Å²) >= 11 is 0. The number of carbonyl (C=O) groups is 3. The van der Waals surface area contributed by atoms with Gasteiger partial charge in [0.1, 0.15) is 5.57 Å². The highest BCUT2D eigenvalue weighted by Gasteiger charge is 2.39. The highest BCUT2D eigenvalue weighted by atomic mass is 16.2. The fraction of sp³-hybridized carbons (Fsp3) is 0.393. The molecule has 6 nitrogen and oxygen atoms in total. The minimum absolute atomic E-state index is 0.0341. The van der Waals surface area contributed by atoms with E-state index < -0.39 is 17.8 Å². The van der Waals surface area contributed by atoms with Gasteiger partial charge in [-0.1, -0.05) is 25.1 Å². The van der Waals surface area contributed by atoms with Crippen LogP contribution in [-0.4, -0.2) is 29.4 Å². The summed E-state index contributed by atoms with van der Waals surface area (Å²) < 4.78 is 0. The average Bonchev–Trinajstić information content (AvgIpc) is 2.73. The smallest absolute Gasteiger partial charge is 0.335 e. The van der Waals surface area contributed by atoms with Gasteiger partial charge in [0.2, 0.25) is 0 Å². The molecule has 2 aromatic rings. The molecule has 1 atom stereocenters. The Kier molecular flexibility index (Phi) is 5.88. The Balaban J connectivity index is 1.76. The molecular formula is C28H33N3O3. The summed E-state index contributed by atoms with van der Waals surface area (Å²) in [5.74, 6) is -0.951. The van der Waals surface area contributed by atoms with E-state index in [4.69, 9.17) is 0 Å². The van der Waals surface area contributed by atoms with Crippen molar-refractivity contribution in [1.82, 2.24) is 5.32 Å². The summed E-state index contributed by atoms with van der Waals surface area (Å²) in [7, 11) is 0. The number of hydrogen-bond acceptors (Lipinski definition) is 4. The van der Waals surface area contributed by atoms with Crippen molar-refractivity contribution in [3.63, 3.8) is 0 Å². The van der Waals surface area contributed by atoms with Crippen LogP contribution in [0.2, 0.25) is 0 Å². The third kappa shape index (κ3) is 3.91. The van der Waals surface area contributed by atoms with E-state index in [1.54, 1.807) is 18.2 Å². The van der Waals surface area contributed by atoms with Crippen LogP contribution in [0.5, 0.6) is 0 Å². The second-order valence-corrected chi connectivity index (χ2v) is 10.4. The van der Waals surface area contributed by atoms with Gasteiger partial charge in [0, 0.05) is 17.3 Å². The standard InChI is InChI=1S/C28H33N3O3/c1-16(2)31-24-12-11-20(13-21(24)18(4)15-28(31,6)7)14-22-25(32)29-27(34)30(26(22)33)23-10-8-9-17(3)19(23)5/h8-14,16,18H,15H2,1-7H3,(H,29,32,34)/b22-14+. The third-order valence-corrected chi connectivity index (χ3v) is 7.05. The van der Waals surface area contributed by atoms with Gasteiger partial charge in [-0.2, -0.15) is 0 Å². The molecule has 4 rings (SSSR count). The van der Waals surface area contributed by atoms with Gasteiger partial charge in [0.25, 0.3) is 11.8 Å². The summed E-state index contributed by atoms with van der Waals surface area (Å²) in [6, 6.07) is 11.1. The number of rotatable bonds is 3. The van der Waals surface area contributed by atoms with Crippen molar-refractivity contribution < 1.29 is 14.4 Å². The molecule has 2 aliphatic rings. The lowest BCUT2D eigenvalue weighted by molar-refractivity contribution is -0.122. The highest BCUT2D eigenvalue weighted by Crippen LogP contribution is 2.44. The SMILES string of the molecule is Cc1cccc(N2C(=O)NC(=O)/C(=C\c3ccc4c(c3)C(C)CC(C)(C)N4C(C)C)C2=O)c1C. The van der Waals surface area contributed by atoms with Gasteiger partial charge in [0.05, 0.1) is 5.69 Å². The molecular weight excluding hydrogens is 426 g/mol. The molecule has 0 bridgehead atoms. The number of urea groups is 1. The van der Waals surface area contributed by atoms with Crippen LogP contribution >= 0.6 is 0 Å². The van der Waals surface area contributed by atoms with Crippen LogP contribution in [0.15, 0.2) is 42.0 Å². The van der Waals surface area contributed by atoms with E-state index in [-0.39, 0.29) is 11.1 Å². The molecule has 0 aliphatic carbocycles. The van der Waals surface area contributed by atoms with Crippen molar-refractivity contribution in [3.05, 3.63) is 64.2 Å². The molecule has 2 heterocycles. The first-order chi connectivity index (χ1) is 15.9. The topological polar surface area (TPSA) is 69.7 Å². The fourth-order valence-corrected chi connectivity index (χ4v) is 5.56. The Hall–Kier alpha value is -3.41. The first-order valence-electron chi connectivity index (χ1n) is 11.8. The van der Waals surface area contributed by atoms with Gasteiger partial charge < -0.3 is 4.90 Å². The summed E-state index contributed by atoms with van der Waals surface area (Å²) in [6.45, 7) is 14.9. The molecule has 2 aromatic carbocycles. The average molecular weight is 460 g/mol. The molecule has 178 valence electrons. The first-order valence-corrected chi connectivity index (χ1v) is 11.8. The lowest BCUT2D eigenvalue weighted by Crippen LogP contribution is -2.54. The van der Waals surface area contributed by atoms with Crippen LogP contribution in [0.1, 0.15) is 69.2 Å². The lowest BCUT2D eigenvalue weighted by atomic mass is 9.78. The van der Waals surface area contributed by atoms with Gasteiger partial charge >= 0.3 is 6.03 Å². The Morgan fingerprint density at radius 1 is 1.06 bits per heavy atom. The summed E-state index contributed by atoms with van der Waals surface area (Å²) in [4.78, 5) is 42.1. The molecule has 0 saturated carbocycles. The Morgan fingerprint density at radius 2 is 1.76 bits per heavy atom. The molecule has 6 heteroatoms. The van der Waals surface area contributed by atoms with Crippen LogP contribution in [0, 0.1) is 13.8 Å². The van der Waals surface area contributed by atoms with E-state index in [0.29, 0.717) is 17.6 Å². The van der Waals surface area contributed by atoms with Crippen molar-refractivity contribution in [2.24, 2.45) is 0 Å². The zero-order valence-electron chi connectivity index (χ0n) is 21.0. The van der Waals surface area contributed by atoms with Gasteiger partial charge in [-0.05, 0) is 100 Å². The van der Waals surface area contributed by atoms with E-state index in [0.717, 1.165) is 28.0 Å². The van der Waals surface area contributed by atoms with E-state index in [1.807, 2.05) is 26.0 Å². The predicted octanol–water partition coefficient (Wildman–Crippen LogP) is 5.47. The lowest BCUT2D eigenvalue weighted by Gasteiger charge is -2.50. The van der Waals surface area contributed by atoms with Crippen molar-refractivity contribution in [3.8, 4) is 0 Å². The number of carbonyl (C=O) groups excluding carboxylic acids is 3. The second-order valence-electron chi connectivity index (χ2n) is 10.4. The van der Waals surface area contributed by atoms with E-state index in [2.05, 4.69) is 57.0 Å².